The summed E-state index contributed by atoms with van der Waals surface area (Å²) < 4.78 is 73.5. The number of phosphoric ester groups is 1. The SMILES string of the molecule is CCCCCC/C=C\CCCCCCCCCC(=O)OCC1OC(OC2C(OC(=O)CCCCCCCCCCCCCCCCC)C(O)C(O)C(OC3OC(CO)C(O)C(O)C3O)C2OP(=O)(O)OCC(COC(=O)CCCCCCCCC(C)CCCCCCCC)OC(=O)CCCCC/C=C\CCCCCCCC)C(O)C(O)C1O. The Morgan fingerprint density at radius 2 is 0.686 bits per heavy atom. The molecule has 1 saturated carbocycles. The zero-order valence-corrected chi connectivity index (χ0v) is 74.8. The first-order chi connectivity index (χ1) is 57.1. The molecule has 2 heterocycles. The van der Waals surface area contributed by atoms with E-state index in [1.165, 1.54) is 161 Å². The third-order valence-corrected chi connectivity index (χ3v) is 24.3. The summed E-state index contributed by atoms with van der Waals surface area (Å²) in [6.07, 6.45) is 28.9. The Hall–Kier alpha value is -3.05. The van der Waals surface area contributed by atoms with Gasteiger partial charge in [0, 0.05) is 25.7 Å². The van der Waals surface area contributed by atoms with E-state index in [2.05, 4.69) is 58.9 Å². The highest BCUT2D eigenvalue weighted by molar-refractivity contribution is 7.47. The molecule has 0 aromatic heterocycles. The molecule has 2 saturated heterocycles. The Balaban J connectivity index is 1.92. The first kappa shape index (κ1) is 109. The summed E-state index contributed by atoms with van der Waals surface area (Å²) in [7, 11) is -5.81. The summed E-state index contributed by atoms with van der Waals surface area (Å²) in [4.78, 5) is 66.5. The lowest BCUT2D eigenvalue weighted by Gasteiger charge is -2.50. The van der Waals surface area contributed by atoms with Gasteiger partial charge >= 0.3 is 31.7 Å². The van der Waals surface area contributed by atoms with Crippen LogP contribution in [0.15, 0.2) is 24.3 Å². The van der Waals surface area contributed by atoms with E-state index >= 15 is 0 Å². The average molecular weight is 1710 g/mol. The fourth-order valence-electron chi connectivity index (χ4n) is 15.7. The number of esters is 4. The number of ether oxygens (including phenoxy) is 8. The minimum absolute atomic E-state index is 0.00896. The molecular weight excluding hydrogens is 1540 g/mol. The van der Waals surface area contributed by atoms with E-state index in [4.69, 9.17) is 46.9 Å². The fraction of sp³-hybridized carbons (Fsp3) is 0.913. The summed E-state index contributed by atoms with van der Waals surface area (Å²) >= 11 is 0. The summed E-state index contributed by atoms with van der Waals surface area (Å²) in [5, 5.41) is 102. The highest BCUT2D eigenvalue weighted by Crippen LogP contribution is 2.49. The molecule has 0 aromatic carbocycles. The molecule has 3 rings (SSSR count). The number of carbonyl (C=O) groups excluding carboxylic acids is 4. The van der Waals surface area contributed by atoms with Gasteiger partial charge in [0.25, 0.3) is 0 Å². The van der Waals surface area contributed by atoms with Gasteiger partial charge in [-0.1, -0.05) is 322 Å². The molecule has 0 bridgehead atoms. The minimum atomic E-state index is -5.81. The second kappa shape index (κ2) is 70.2. The quantitative estimate of drug-likeness (QED) is 0.00889. The van der Waals surface area contributed by atoms with Crippen molar-refractivity contribution < 1.29 is 122 Å². The average Bonchev–Trinajstić information content (AvgIpc) is 0.754. The predicted octanol–water partition coefficient (Wildman–Crippen LogP) is 17.6. The van der Waals surface area contributed by atoms with Crippen molar-refractivity contribution in [3.05, 3.63) is 24.3 Å². The number of unbranched alkanes of at least 4 members (excludes halogenated alkanes) is 44. The van der Waals surface area contributed by atoms with Crippen LogP contribution < -0.4 is 0 Å². The van der Waals surface area contributed by atoms with E-state index in [1.807, 2.05) is 0 Å². The number of allylic oxidation sites excluding steroid dienone is 4. The standard InChI is InChI=1S/C92H169O25P/c1-6-10-14-18-22-25-28-31-33-36-38-41-44-51-58-64-76(95)109-70-74-80(99)82(101)86(105)92(113-74)116-89-87(114-78(97)66-60-54-46-43-40-37-34-32-29-26-23-19-15-11-7-2)83(102)84(103)88(115-91-85(104)81(100)79(98)73(67-93)112-91)90(89)117-118(106,107)110-69-72(111-77(96)65-59-53-45-42-39-35-30-27-24-20-16-12-8-3)68-108-75(94)63-57-52-48-47-50-56-62-71(5)61-55-49-21-17-13-9-4/h25,28,35,39,71-74,79-93,98-105H,6-24,26-27,29-34,36-38,40-70H2,1-5H3,(H,106,107)/b28-25-,39-35-. The number of carbonyl (C=O) groups is 4. The van der Waals surface area contributed by atoms with Crippen molar-refractivity contribution in [3.63, 3.8) is 0 Å². The molecule has 10 N–H and O–H groups in total. The highest BCUT2D eigenvalue weighted by atomic mass is 31.2. The van der Waals surface area contributed by atoms with Gasteiger partial charge < -0.3 is 88.7 Å². The number of aliphatic hydroxyl groups is 9. The van der Waals surface area contributed by atoms with E-state index in [0.717, 1.165) is 141 Å². The molecule has 1 aliphatic carbocycles. The summed E-state index contributed by atoms with van der Waals surface area (Å²) in [5.74, 6) is -2.30. The van der Waals surface area contributed by atoms with Crippen LogP contribution >= 0.6 is 7.82 Å². The maximum Gasteiger partial charge on any atom is 0.472 e. The van der Waals surface area contributed by atoms with Crippen molar-refractivity contribution in [2.75, 3.05) is 26.4 Å². The number of hydrogen-bond donors (Lipinski definition) is 10. The van der Waals surface area contributed by atoms with Crippen LogP contribution in [-0.4, -0.2) is 205 Å². The van der Waals surface area contributed by atoms with Gasteiger partial charge in [-0.15, -0.1) is 0 Å². The Labute approximate surface area is 711 Å². The van der Waals surface area contributed by atoms with Crippen LogP contribution in [0.1, 0.15) is 401 Å². The molecule has 26 heteroatoms. The Bertz CT molecular complexity index is 2570. The van der Waals surface area contributed by atoms with E-state index in [0.29, 0.717) is 44.4 Å². The van der Waals surface area contributed by atoms with Crippen molar-refractivity contribution in [1.82, 2.24) is 0 Å². The van der Waals surface area contributed by atoms with E-state index in [9.17, 15) is 74.6 Å². The molecule has 3 aliphatic rings. The van der Waals surface area contributed by atoms with Crippen molar-refractivity contribution in [2.24, 2.45) is 5.92 Å². The van der Waals surface area contributed by atoms with Crippen molar-refractivity contribution in [1.29, 1.82) is 0 Å². The molecule has 0 aromatic rings. The summed E-state index contributed by atoms with van der Waals surface area (Å²) in [5.41, 5.74) is 0. The van der Waals surface area contributed by atoms with Crippen LogP contribution in [0.3, 0.4) is 0 Å². The van der Waals surface area contributed by atoms with E-state index in [1.54, 1.807) is 0 Å². The molecule has 0 spiro atoms. The van der Waals surface area contributed by atoms with Crippen LogP contribution in [-0.2, 0) is 70.7 Å². The Kier molecular flexibility index (Phi) is 64.9. The van der Waals surface area contributed by atoms with Crippen LogP contribution in [0.25, 0.3) is 0 Å². The zero-order valence-electron chi connectivity index (χ0n) is 73.9. The van der Waals surface area contributed by atoms with Gasteiger partial charge in [-0.05, 0) is 83.0 Å². The van der Waals surface area contributed by atoms with Gasteiger partial charge in [-0.25, -0.2) is 4.57 Å². The van der Waals surface area contributed by atoms with Gasteiger partial charge in [0.05, 0.1) is 13.2 Å². The molecule has 118 heavy (non-hydrogen) atoms. The smallest absolute Gasteiger partial charge is 0.463 e. The lowest BCUT2D eigenvalue weighted by molar-refractivity contribution is -0.360. The normalized spacial score (nSPS) is 25.3. The molecule has 3 fully saturated rings. The third kappa shape index (κ3) is 50.2. The van der Waals surface area contributed by atoms with Crippen molar-refractivity contribution >= 4 is 31.7 Å². The third-order valence-electron chi connectivity index (χ3n) is 23.3. The van der Waals surface area contributed by atoms with Crippen LogP contribution in [0.5, 0.6) is 0 Å². The summed E-state index contributed by atoms with van der Waals surface area (Å²) in [6, 6.07) is 0. The molecule has 2 aliphatic heterocycles. The zero-order chi connectivity index (χ0) is 86.2. The van der Waals surface area contributed by atoms with E-state index < -0.39 is 162 Å². The number of rotatable bonds is 76. The molecule has 25 nitrogen and oxygen atoms in total. The van der Waals surface area contributed by atoms with Crippen LogP contribution in [0, 0.1) is 5.92 Å². The molecule has 19 unspecified atom stereocenters. The lowest BCUT2D eigenvalue weighted by atomic mass is 9.84. The topological polar surface area (TPSA) is 380 Å². The number of aliphatic hydroxyl groups excluding tert-OH is 9. The Morgan fingerprint density at radius 3 is 1.11 bits per heavy atom. The first-order valence-corrected chi connectivity index (χ1v) is 49.0. The number of hydrogen-bond acceptors (Lipinski definition) is 24. The molecule has 692 valence electrons. The molecule has 0 radical (unpaired) electrons. The maximum absolute atomic E-state index is 14.9. The monoisotopic (exact) mass is 1710 g/mol. The van der Waals surface area contributed by atoms with Crippen molar-refractivity contribution in [3.8, 4) is 0 Å². The van der Waals surface area contributed by atoms with Gasteiger partial charge in [0.1, 0.15) is 92.6 Å². The molecular formula is C92H169O25P. The Morgan fingerprint density at radius 1 is 0.356 bits per heavy atom. The van der Waals surface area contributed by atoms with Gasteiger partial charge in [0.2, 0.25) is 0 Å². The van der Waals surface area contributed by atoms with Crippen LogP contribution in [0.2, 0.25) is 0 Å². The maximum atomic E-state index is 14.9. The minimum Gasteiger partial charge on any atom is -0.463 e. The van der Waals surface area contributed by atoms with Gasteiger partial charge in [-0.2, -0.15) is 0 Å². The lowest BCUT2D eigenvalue weighted by Crippen LogP contribution is -2.70. The second-order valence-corrected chi connectivity index (χ2v) is 35.6. The van der Waals surface area contributed by atoms with Gasteiger partial charge in [0.15, 0.2) is 24.8 Å². The molecule has 19 atom stereocenters. The predicted molar refractivity (Wildman–Crippen MR) is 458 cm³/mol. The van der Waals surface area contributed by atoms with Crippen LogP contribution in [0.4, 0.5) is 0 Å². The largest absolute Gasteiger partial charge is 0.472 e. The fourth-order valence-corrected chi connectivity index (χ4v) is 16.6. The van der Waals surface area contributed by atoms with E-state index in [-0.39, 0.29) is 25.7 Å². The second-order valence-electron chi connectivity index (χ2n) is 34.1. The summed E-state index contributed by atoms with van der Waals surface area (Å²) in [6.45, 7) is 7.90. The first-order valence-electron chi connectivity index (χ1n) is 47.5. The number of phosphoric acid groups is 1. The molecule has 0 amide bonds. The van der Waals surface area contributed by atoms with Gasteiger partial charge in [-0.3, -0.25) is 28.2 Å². The van der Waals surface area contributed by atoms with Crippen molar-refractivity contribution in [2.45, 2.75) is 505 Å². The highest BCUT2D eigenvalue weighted by Gasteiger charge is 2.60.